The van der Waals surface area contributed by atoms with Gasteiger partial charge in [-0.1, -0.05) is 0 Å². The summed E-state index contributed by atoms with van der Waals surface area (Å²) < 4.78 is 10.2. The highest BCUT2D eigenvalue weighted by Crippen LogP contribution is 2.16. The normalized spacial score (nSPS) is 32.8. The summed E-state index contributed by atoms with van der Waals surface area (Å²) in [5.41, 5.74) is 0. The van der Waals surface area contributed by atoms with E-state index in [1.54, 1.807) is 6.92 Å². The van der Waals surface area contributed by atoms with Gasteiger partial charge >= 0.3 is 0 Å². The molecule has 1 amide bonds. The van der Waals surface area contributed by atoms with Gasteiger partial charge in [0, 0.05) is 20.5 Å². The van der Waals surface area contributed by atoms with Gasteiger partial charge in [0.25, 0.3) is 0 Å². The first-order chi connectivity index (χ1) is 6.54. The van der Waals surface area contributed by atoms with Crippen molar-refractivity contribution in [2.45, 2.75) is 38.7 Å². The quantitative estimate of drug-likeness (QED) is 0.674. The van der Waals surface area contributed by atoms with E-state index < -0.39 is 18.4 Å². The maximum Gasteiger partial charge on any atom is 0.217 e. The maximum absolute atomic E-state index is 11.5. The van der Waals surface area contributed by atoms with Gasteiger partial charge in [-0.05, 0) is 6.92 Å². The van der Waals surface area contributed by atoms with E-state index in [9.17, 15) is 9.59 Å². The number of nitrogens with one attached hydrogen (secondary N) is 1. The van der Waals surface area contributed by atoms with Gasteiger partial charge in [0.1, 0.15) is 6.10 Å². The highest BCUT2D eigenvalue weighted by molar-refractivity contribution is 5.91. The number of hydrogen-bond acceptors (Lipinski definition) is 4. The lowest BCUT2D eigenvalue weighted by Gasteiger charge is -2.31. The van der Waals surface area contributed by atoms with Gasteiger partial charge in [-0.25, -0.2) is 0 Å². The van der Waals surface area contributed by atoms with Crippen LogP contribution in [0.25, 0.3) is 0 Å². The predicted molar refractivity (Wildman–Crippen MR) is 48.6 cm³/mol. The van der Waals surface area contributed by atoms with Crippen LogP contribution in [0, 0.1) is 0 Å². The fourth-order valence-electron chi connectivity index (χ4n) is 1.47. The molecule has 0 bridgehead atoms. The predicted octanol–water partition coefficient (Wildman–Crippen LogP) is -0.159. The topological polar surface area (TPSA) is 64.6 Å². The third-order valence-corrected chi connectivity index (χ3v) is 2.17. The molecule has 1 heterocycles. The van der Waals surface area contributed by atoms with Gasteiger partial charge in [0.2, 0.25) is 5.91 Å². The molecule has 3 atom stereocenters. The largest absolute Gasteiger partial charge is 0.356 e. The molecule has 0 aromatic rings. The molecule has 5 nitrogen and oxygen atoms in total. The minimum Gasteiger partial charge on any atom is -0.356 e. The molecular formula is C9H15NO4. The summed E-state index contributed by atoms with van der Waals surface area (Å²) >= 11 is 0. The summed E-state index contributed by atoms with van der Waals surface area (Å²) in [6.45, 7) is 3.04. The van der Waals surface area contributed by atoms with E-state index in [1.165, 1.54) is 14.0 Å². The Morgan fingerprint density at radius 2 is 2.29 bits per heavy atom. The second-order valence-corrected chi connectivity index (χ2v) is 3.33. The lowest BCUT2D eigenvalue weighted by molar-refractivity contribution is -0.187. The number of methoxy groups -OCH3 is 1. The number of Topliss-reactive ketones (excluding diaryl/α,β-unsaturated/α-hetero) is 1. The van der Waals surface area contributed by atoms with Crippen molar-refractivity contribution >= 4 is 11.7 Å². The summed E-state index contributed by atoms with van der Waals surface area (Å²) in [4.78, 5) is 22.3. The molecule has 1 rings (SSSR count). The molecule has 1 saturated heterocycles. The number of rotatable bonds is 2. The number of carbonyl (C=O) groups is 2. The Kier molecular flexibility index (Phi) is 3.60. The molecule has 1 fully saturated rings. The molecule has 0 aromatic carbocycles. The molecule has 0 unspecified atom stereocenters. The first-order valence-corrected chi connectivity index (χ1v) is 4.53. The van der Waals surface area contributed by atoms with E-state index in [0.717, 1.165) is 0 Å². The molecule has 1 N–H and O–H groups in total. The van der Waals surface area contributed by atoms with Crippen LogP contribution in [0.1, 0.15) is 20.3 Å². The van der Waals surface area contributed by atoms with Crippen molar-refractivity contribution in [2.24, 2.45) is 0 Å². The molecule has 0 aromatic heterocycles. The maximum atomic E-state index is 11.5. The van der Waals surface area contributed by atoms with E-state index in [1.807, 2.05) is 0 Å². The van der Waals surface area contributed by atoms with E-state index in [2.05, 4.69) is 5.32 Å². The zero-order chi connectivity index (χ0) is 10.7. The summed E-state index contributed by atoms with van der Waals surface area (Å²) in [5.74, 6) is -0.319. The van der Waals surface area contributed by atoms with Gasteiger partial charge in [0.15, 0.2) is 12.1 Å². The number of carbonyl (C=O) groups excluding carboxylic acids is 2. The lowest BCUT2D eigenvalue weighted by atomic mass is 10.0. The highest BCUT2D eigenvalue weighted by Gasteiger charge is 2.35. The van der Waals surface area contributed by atoms with Crippen LogP contribution in [0.3, 0.4) is 0 Å². The van der Waals surface area contributed by atoms with Crippen LogP contribution in [0.5, 0.6) is 0 Å². The highest BCUT2D eigenvalue weighted by atomic mass is 16.7. The first-order valence-electron chi connectivity index (χ1n) is 4.53. The number of ether oxygens (including phenoxy) is 2. The van der Waals surface area contributed by atoms with Crippen molar-refractivity contribution in [3.05, 3.63) is 0 Å². The molecule has 5 heteroatoms. The van der Waals surface area contributed by atoms with E-state index >= 15 is 0 Å². The van der Waals surface area contributed by atoms with E-state index in [-0.39, 0.29) is 11.7 Å². The average Bonchev–Trinajstić information content (AvgIpc) is 2.11. The molecule has 14 heavy (non-hydrogen) atoms. The van der Waals surface area contributed by atoms with Crippen molar-refractivity contribution < 1.29 is 19.1 Å². The van der Waals surface area contributed by atoms with Gasteiger partial charge < -0.3 is 14.8 Å². The summed E-state index contributed by atoms with van der Waals surface area (Å²) in [6.07, 6.45) is -0.565. The Morgan fingerprint density at radius 3 is 2.79 bits per heavy atom. The Bertz CT molecular complexity index is 241. The van der Waals surface area contributed by atoms with E-state index in [4.69, 9.17) is 9.47 Å². The van der Waals surface area contributed by atoms with Crippen LogP contribution < -0.4 is 5.32 Å². The molecule has 80 valence electrons. The van der Waals surface area contributed by atoms with Crippen LogP contribution in [-0.4, -0.2) is 37.2 Å². The lowest BCUT2D eigenvalue weighted by Crippen LogP contribution is -2.52. The molecule has 1 aliphatic rings. The fourth-order valence-corrected chi connectivity index (χ4v) is 1.47. The zero-order valence-electron chi connectivity index (χ0n) is 8.57. The Morgan fingerprint density at radius 1 is 1.64 bits per heavy atom. The van der Waals surface area contributed by atoms with Gasteiger partial charge in [0.05, 0.1) is 6.04 Å². The van der Waals surface area contributed by atoms with Crippen LogP contribution in [0.15, 0.2) is 0 Å². The molecular weight excluding hydrogens is 186 g/mol. The average molecular weight is 201 g/mol. The zero-order valence-corrected chi connectivity index (χ0v) is 8.57. The van der Waals surface area contributed by atoms with Crippen LogP contribution in [0.4, 0.5) is 0 Å². The number of ketones is 1. The smallest absolute Gasteiger partial charge is 0.217 e. The molecule has 0 spiro atoms. The Balaban J connectivity index is 2.62. The monoisotopic (exact) mass is 201 g/mol. The fraction of sp³-hybridized carbons (Fsp3) is 0.778. The molecule has 0 radical (unpaired) electrons. The minimum atomic E-state index is -0.523. The van der Waals surface area contributed by atoms with E-state index in [0.29, 0.717) is 6.42 Å². The Labute approximate surface area is 82.8 Å². The van der Waals surface area contributed by atoms with Crippen LogP contribution in [-0.2, 0) is 19.1 Å². The third-order valence-electron chi connectivity index (χ3n) is 2.17. The first kappa shape index (κ1) is 11.1. The van der Waals surface area contributed by atoms with Crippen LogP contribution >= 0.6 is 0 Å². The molecule has 0 saturated carbocycles. The van der Waals surface area contributed by atoms with Crippen molar-refractivity contribution in [1.29, 1.82) is 0 Å². The van der Waals surface area contributed by atoms with Gasteiger partial charge in [-0.3, -0.25) is 9.59 Å². The summed E-state index contributed by atoms with van der Waals surface area (Å²) in [6, 6.07) is -0.485. The van der Waals surface area contributed by atoms with Crippen molar-refractivity contribution in [3.8, 4) is 0 Å². The summed E-state index contributed by atoms with van der Waals surface area (Å²) in [7, 11) is 1.51. The SMILES string of the molecule is CO[C@H]1C[C@H](NC(C)=O)C(=O)[C@H](C)O1. The van der Waals surface area contributed by atoms with Crippen LogP contribution in [0.2, 0.25) is 0 Å². The van der Waals surface area contributed by atoms with Crippen molar-refractivity contribution in [3.63, 3.8) is 0 Å². The van der Waals surface area contributed by atoms with Crippen molar-refractivity contribution in [2.75, 3.05) is 7.11 Å². The second-order valence-electron chi connectivity index (χ2n) is 3.33. The standard InChI is InChI=1S/C9H15NO4/c1-5-9(12)7(10-6(2)11)4-8(13-3)14-5/h5,7-8H,4H2,1-3H3,(H,10,11)/t5-,7-,8+/m0/s1. The van der Waals surface area contributed by atoms with Gasteiger partial charge in [-0.15, -0.1) is 0 Å². The minimum absolute atomic E-state index is 0.103. The van der Waals surface area contributed by atoms with Gasteiger partial charge in [-0.2, -0.15) is 0 Å². The molecule has 0 aliphatic carbocycles. The Hall–Kier alpha value is -0.940. The van der Waals surface area contributed by atoms with Crippen molar-refractivity contribution in [1.82, 2.24) is 5.32 Å². The molecule has 1 aliphatic heterocycles. The third kappa shape index (κ3) is 2.52. The summed E-state index contributed by atoms with van der Waals surface area (Å²) in [5, 5.41) is 2.58. The number of hydrogen-bond donors (Lipinski definition) is 1. The number of amides is 1. The second kappa shape index (κ2) is 4.52.